The van der Waals surface area contributed by atoms with Gasteiger partial charge in [0.15, 0.2) is 0 Å². The molecule has 0 radical (unpaired) electrons. The highest BCUT2D eigenvalue weighted by atomic mass is 16.4. The Morgan fingerprint density at radius 1 is 1.03 bits per heavy atom. The minimum atomic E-state index is -0.878. The number of benzene rings is 1. The molecule has 7 unspecified atom stereocenters. The van der Waals surface area contributed by atoms with E-state index < -0.39 is 18.0 Å². The van der Waals surface area contributed by atoms with Gasteiger partial charge in [-0.25, -0.2) is 0 Å². The van der Waals surface area contributed by atoms with Crippen LogP contribution >= 0.6 is 0 Å². The van der Waals surface area contributed by atoms with Gasteiger partial charge in [0.2, 0.25) is 0 Å². The van der Waals surface area contributed by atoms with Crippen LogP contribution in [0.15, 0.2) is 42.5 Å². The molecule has 39 heavy (non-hydrogen) atoms. The van der Waals surface area contributed by atoms with Crippen LogP contribution in [0.3, 0.4) is 0 Å². The van der Waals surface area contributed by atoms with Gasteiger partial charge in [0.1, 0.15) is 0 Å². The molecule has 1 saturated carbocycles. The summed E-state index contributed by atoms with van der Waals surface area (Å²) in [5.41, 5.74) is 7.45. The lowest BCUT2D eigenvalue weighted by atomic mass is 9.57. The Hall–Kier alpha value is -1.65. The molecule has 1 aromatic carbocycles. The van der Waals surface area contributed by atoms with Crippen molar-refractivity contribution in [2.24, 2.45) is 47.2 Å². The van der Waals surface area contributed by atoms with Crippen LogP contribution in [0.5, 0.6) is 0 Å². The summed E-state index contributed by atoms with van der Waals surface area (Å²) >= 11 is 0. The number of unbranched alkanes of at least 4 members (excludes halogenated alkanes) is 4. The Bertz CT molecular complexity index is 805. The van der Waals surface area contributed by atoms with E-state index in [9.17, 15) is 15.0 Å². The Balaban J connectivity index is 2.25. The highest BCUT2D eigenvalue weighted by molar-refractivity contribution is 5.71. The maximum Gasteiger partial charge on any atom is 0.309 e. The molecule has 1 aromatic rings. The Morgan fingerprint density at radius 2 is 1.74 bits per heavy atom. The van der Waals surface area contributed by atoms with Gasteiger partial charge in [-0.1, -0.05) is 88.9 Å². The molecule has 0 aliphatic heterocycles. The first-order chi connectivity index (χ1) is 18.8. The summed E-state index contributed by atoms with van der Waals surface area (Å²) in [5.74, 6) is 0.553. The number of aliphatic hydroxyl groups excluding tert-OH is 1. The molecule has 0 amide bonds. The van der Waals surface area contributed by atoms with Crippen LogP contribution in [-0.2, 0) is 11.2 Å². The van der Waals surface area contributed by atoms with Gasteiger partial charge in [-0.3, -0.25) is 4.79 Å². The van der Waals surface area contributed by atoms with Crippen molar-refractivity contribution >= 4 is 5.97 Å². The van der Waals surface area contributed by atoms with Crippen molar-refractivity contribution in [2.45, 2.75) is 117 Å². The molecular formula is C35H59NO3. The van der Waals surface area contributed by atoms with Gasteiger partial charge in [0, 0.05) is 0 Å². The van der Waals surface area contributed by atoms with Crippen LogP contribution in [-0.4, -0.2) is 28.8 Å². The fourth-order valence-electron chi connectivity index (χ4n) is 7.24. The van der Waals surface area contributed by atoms with Crippen molar-refractivity contribution < 1.29 is 15.0 Å². The molecule has 0 saturated heterocycles. The minimum absolute atomic E-state index is 0.0649. The molecule has 0 bridgehead atoms. The number of carboxylic acids is 1. The van der Waals surface area contributed by atoms with Gasteiger partial charge in [0.25, 0.3) is 0 Å². The van der Waals surface area contributed by atoms with Gasteiger partial charge in [-0.05, 0) is 112 Å². The molecule has 2 rings (SSSR count). The molecule has 0 heterocycles. The topological polar surface area (TPSA) is 83.5 Å². The maximum atomic E-state index is 12.6. The zero-order valence-corrected chi connectivity index (χ0v) is 25.4. The van der Waals surface area contributed by atoms with E-state index in [1.165, 1.54) is 50.5 Å². The second kappa shape index (κ2) is 18.7. The van der Waals surface area contributed by atoms with Gasteiger partial charge >= 0.3 is 5.97 Å². The van der Waals surface area contributed by atoms with Gasteiger partial charge in [0.05, 0.1) is 12.0 Å². The van der Waals surface area contributed by atoms with E-state index in [0.717, 1.165) is 38.5 Å². The van der Waals surface area contributed by atoms with Crippen LogP contribution in [0.2, 0.25) is 0 Å². The SMILES string of the molecule is CCCCCCC=CCC(CCC(C)C)CC1CCC(Cc2ccccc2)C(C(C(=O)O)C(C)O)C1CCN. The number of hydrogen-bond donors (Lipinski definition) is 3. The molecule has 1 fully saturated rings. The molecule has 4 heteroatoms. The molecule has 0 aromatic heterocycles. The zero-order valence-electron chi connectivity index (χ0n) is 25.4. The lowest BCUT2D eigenvalue weighted by molar-refractivity contribution is -0.153. The number of carbonyl (C=O) groups is 1. The van der Waals surface area contributed by atoms with Crippen LogP contribution in [0.4, 0.5) is 0 Å². The van der Waals surface area contributed by atoms with Crippen molar-refractivity contribution in [3.63, 3.8) is 0 Å². The molecule has 0 spiro atoms. The molecular weight excluding hydrogens is 482 g/mol. The molecule has 1 aliphatic rings. The second-order valence-electron chi connectivity index (χ2n) is 12.8. The van der Waals surface area contributed by atoms with Crippen LogP contribution < -0.4 is 5.73 Å². The molecule has 7 atom stereocenters. The third-order valence-corrected chi connectivity index (χ3v) is 9.26. The van der Waals surface area contributed by atoms with Gasteiger partial charge < -0.3 is 15.9 Å². The molecule has 1 aliphatic carbocycles. The van der Waals surface area contributed by atoms with Crippen LogP contribution in [0, 0.1) is 41.4 Å². The normalized spacial score (nSPS) is 24.2. The largest absolute Gasteiger partial charge is 0.481 e. The van der Waals surface area contributed by atoms with E-state index in [1.54, 1.807) is 6.92 Å². The predicted molar refractivity (Wildman–Crippen MR) is 165 cm³/mol. The zero-order chi connectivity index (χ0) is 28.6. The summed E-state index contributed by atoms with van der Waals surface area (Å²) in [7, 11) is 0. The first kappa shape index (κ1) is 33.6. The predicted octanol–water partition coefficient (Wildman–Crippen LogP) is 8.28. The number of nitrogens with two attached hydrogens (primary N) is 1. The summed E-state index contributed by atoms with van der Waals surface area (Å²) < 4.78 is 0. The average molecular weight is 542 g/mol. The fourth-order valence-corrected chi connectivity index (χ4v) is 7.24. The van der Waals surface area contributed by atoms with Crippen molar-refractivity contribution in [1.29, 1.82) is 0 Å². The van der Waals surface area contributed by atoms with E-state index >= 15 is 0 Å². The van der Waals surface area contributed by atoms with Gasteiger partial charge in [-0.15, -0.1) is 0 Å². The summed E-state index contributed by atoms with van der Waals surface area (Å²) in [6.07, 6.45) is 18.9. The first-order valence-corrected chi connectivity index (χ1v) is 16.1. The number of aliphatic hydroxyl groups is 1. The Kier molecular flexibility index (Phi) is 16.0. The second-order valence-corrected chi connectivity index (χ2v) is 12.8. The van der Waals surface area contributed by atoms with Crippen LogP contribution in [0.1, 0.15) is 110 Å². The lowest BCUT2D eigenvalue weighted by Gasteiger charge is -2.47. The van der Waals surface area contributed by atoms with E-state index in [1.807, 2.05) is 6.07 Å². The highest BCUT2D eigenvalue weighted by Crippen LogP contribution is 2.49. The lowest BCUT2D eigenvalue weighted by Crippen LogP contribution is -2.47. The number of carboxylic acid groups (broad SMARTS) is 1. The van der Waals surface area contributed by atoms with E-state index in [4.69, 9.17) is 5.73 Å². The molecule has 222 valence electrons. The molecule has 4 nitrogen and oxygen atoms in total. The number of allylic oxidation sites excluding steroid dienone is 2. The summed E-state index contributed by atoms with van der Waals surface area (Å²) in [5, 5.41) is 21.0. The van der Waals surface area contributed by atoms with Crippen molar-refractivity contribution in [1.82, 2.24) is 0 Å². The van der Waals surface area contributed by atoms with E-state index in [-0.39, 0.29) is 17.8 Å². The monoisotopic (exact) mass is 541 g/mol. The third kappa shape index (κ3) is 11.8. The van der Waals surface area contributed by atoms with Gasteiger partial charge in [-0.2, -0.15) is 0 Å². The number of aliphatic carboxylic acids is 1. The smallest absolute Gasteiger partial charge is 0.309 e. The van der Waals surface area contributed by atoms with Crippen molar-refractivity contribution in [3.05, 3.63) is 48.0 Å². The van der Waals surface area contributed by atoms with Crippen LogP contribution in [0.25, 0.3) is 0 Å². The third-order valence-electron chi connectivity index (χ3n) is 9.26. The van der Waals surface area contributed by atoms with E-state index in [2.05, 4.69) is 57.2 Å². The number of hydrogen-bond acceptors (Lipinski definition) is 3. The minimum Gasteiger partial charge on any atom is -0.481 e. The summed E-state index contributed by atoms with van der Waals surface area (Å²) in [4.78, 5) is 12.6. The summed E-state index contributed by atoms with van der Waals surface area (Å²) in [6, 6.07) is 10.5. The number of rotatable bonds is 19. The Labute approximate surface area is 239 Å². The quantitative estimate of drug-likeness (QED) is 0.122. The van der Waals surface area contributed by atoms with E-state index in [0.29, 0.717) is 24.3 Å². The van der Waals surface area contributed by atoms with Crippen molar-refractivity contribution in [2.75, 3.05) is 6.54 Å². The first-order valence-electron chi connectivity index (χ1n) is 16.1. The Morgan fingerprint density at radius 3 is 2.36 bits per heavy atom. The standard InChI is InChI=1S/C35H59NO3/c1-5-6-7-8-9-10-12-17-29(19-18-26(2)3)24-30-20-21-31(25-28-15-13-11-14-16-28)34(32(30)22-23-36)33(27(4)37)35(38)39/h10-16,26-27,29-34,37H,5-9,17-25,36H2,1-4H3,(H,38,39). The highest BCUT2D eigenvalue weighted by Gasteiger charge is 2.47. The molecule has 4 N–H and O–H groups in total. The maximum absolute atomic E-state index is 12.6. The average Bonchev–Trinajstić information content (AvgIpc) is 2.89. The van der Waals surface area contributed by atoms with Crippen molar-refractivity contribution in [3.8, 4) is 0 Å². The summed E-state index contributed by atoms with van der Waals surface area (Å²) in [6.45, 7) is 9.10. The fraction of sp³-hybridized carbons (Fsp3) is 0.743.